The number of hydrogen-bond acceptors (Lipinski definition) is 2. The van der Waals surface area contributed by atoms with Gasteiger partial charge < -0.3 is 15.3 Å². The van der Waals surface area contributed by atoms with Crippen LogP contribution in [0, 0.1) is 5.92 Å². The first kappa shape index (κ1) is 14.7. The fourth-order valence-electron chi connectivity index (χ4n) is 2.47. The van der Waals surface area contributed by atoms with Gasteiger partial charge in [-0.15, -0.1) is 0 Å². The van der Waals surface area contributed by atoms with Crippen LogP contribution in [-0.4, -0.2) is 34.6 Å². The molecular weight excluding hydrogens is 280 g/mol. The Morgan fingerprint density at radius 3 is 2.75 bits per heavy atom. The number of nitrogens with zero attached hydrogens (tertiary/aromatic N) is 1. The molecule has 2 amide bonds. The van der Waals surface area contributed by atoms with E-state index in [2.05, 4.69) is 5.32 Å². The minimum atomic E-state index is -0.848. The van der Waals surface area contributed by atoms with Crippen LogP contribution in [0.1, 0.15) is 18.9 Å². The number of nitrogens with one attached hydrogen (secondary N) is 1. The quantitative estimate of drug-likeness (QED) is 0.899. The summed E-state index contributed by atoms with van der Waals surface area (Å²) in [6, 6.07) is 6.75. The Morgan fingerprint density at radius 1 is 1.45 bits per heavy atom. The van der Waals surface area contributed by atoms with E-state index in [-0.39, 0.29) is 12.1 Å². The molecule has 1 fully saturated rings. The molecule has 20 heavy (non-hydrogen) atoms. The van der Waals surface area contributed by atoms with Gasteiger partial charge in [0.25, 0.3) is 0 Å². The second-order valence-corrected chi connectivity index (χ2v) is 5.32. The average molecular weight is 297 g/mol. The third-order valence-corrected chi connectivity index (χ3v) is 4.09. The number of carboxylic acid groups (broad SMARTS) is 1. The zero-order chi connectivity index (χ0) is 14.7. The maximum Gasteiger partial charge on any atom is 0.317 e. The first-order valence-corrected chi connectivity index (χ1v) is 6.89. The number of amides is 2. The van der Waals surface area contributed by atoms with E-state index in [0.29, 0.717) is 24.5 Å². The fraction of sp³-hybridized carbons (Fsp3) is 0.429. The monoisotopic (exact) mass is 296 g/mol. The predicted octanol–water partition coefficient (Wildman–Crippen LogP) is 2.34. The molecule has 108 valence electrons. The van der Waals surface area contributed by atoms with Crippen LogP contribution in [0.4, 0.5) is 4.79 Å². The largest absolute Gasteiger partial charge is 0.481 e. The van der Waals surface area contributed by atoms with Crippen molar-refractivity contribution < 1.29 is 14.7 Å². The van der Waals surface area contributed by atoms with Crippen LogP contribution in [-0.2, 0) is 11.3 Å². The van der Waals surface area contributed by atoms with Crippen LogP contribution in [0.15, 0.2) is 24.3 Å². The van der Waals surface area contributed by atoms with Gasteiger partial charge in [-0.1, -0.05) is 29.8 Å². The molecular formula is C14H17ClN2O3. The maximum atomic E-state index is 12.1. The summed E-state index contributed by atoms with van der Waals surface area (Å²) in [6.45, 7) is 2.56. The van der Waals surface area contributed by atoms with E-state index < -0.39 is 11.9 Å². The van der Waals surface area contributed by atoms with Crippen molar-refractivity contribution in [1.29, 1.82) is 0 Å². The molecule has 1 heterocycles. The lowest BCUT2D eigenvalue weighted by Crippen LogP contribution is -2.43. The average Bonchev–Trinajstić information content (AvgIpc) is 2.79. The van der Waals surface area contributed by atoms with E-state index in [1.54, 1.807) is 17.9 Å². The smallest absolute Gasteiger partial charge is 0.317 e. The molecule has 2 N–H and O–H groups in total. The minimum Gasteiger partial charge on any atom is -0.481 e. The summed E-state index contributed by atoms with van der Waals surface area (Å²) in [6.07, 6.45) is 0.496. The SMILES string of the molecule is CC1C(C(=O)O)CCN1C(=O)NCc1ccccc1Cl. The zero-order valence-electron chi connectivity index (χ0n) is 11.2. The molecule has 0 radical (unpaired) electrons. The molecule has 0 saturated carbocycles. The van der Waals surface area contributed by atoms with Crippen molar-refractivity contribution in [2.24, 2.45) is 5.92 Å². The molecule has 1 aromatic rings. The van der Waals surface area contributed by atoms with Crippen LogP contribution in [0.3, 0.4) is 0 Å². The Kier molecular flexibility index (Phi) is 4.49. The van der Waals surface area contributed by atoms with Crippen LogP contribution < -0.4 is 5.32 Å². The van der Waals surface area contributed by atoms with Crippen molar-refractivity contribution >= 4 is 23.6 Å². The Bertz CT molecular complexity index is 521. The second kappa shape index (κ2) is 6.13. The first-order chi connectivity index (χ1) is 9.50. The third-order valence-electron chi connectivity index (χ3n) is 3.72. The summed E-state index contributed by atoms with van der Waals surface area (Å²) in [5.74, 6) is -1.33. The minimum absolute atomic E-state index is 0.249. The normalized spacial score (nSPS) is 21.8. The van der Waals surface area contributed by atoms with Gasteiger partial charge >= 0.3 is 12.0 Å². The van der Waals surface area contributed by atoms with Gasteiger partial charge in [-0.3, -0.25) is 4.79 Å². The van der Waals surface area contributed by atoms with Crippen molar-refractivity contribution in [1.82, 2.24) is 10.2 Å². The first-order valence-electron chi connectivity index (χ1n) is 6.51. The molecule has 1 aliphatic heterocycles. The number of likely N-dealkylation sites (tertiary alicyclic amines) is 1. The Morgan fingerprint density at radius 2 is 2.15 bits per heavy atom. The zero-order valence-corrected chi connectivity index (χ0v) is 11.9. The lowest BCUT2D eigenvalue weighted by Gasteiger charge is -2.23. The fourth-order valence-corrected chi connectivity index (χ4v) is 2.67. The molecule has 0 spiro atoms. The lowest BCUT2D eigenvalue weighted by atomic mass is 10.0. The van der Waals surface area contributed by atoms with Gasteiger partial charge in [0.05, 0.1) is 5.92 Å². The van der Waals surface area contributed by atoms with Gasteiger partial charge in [0.1, 0.15) is 0 Å². The molecule has 6 heteroatoms. The standard InChI is InChI=1S/C14H17ClN2O3/c1-9-11(13(18)19)6-7-17(9)14(20)16-8-10-4-2-3-5-12(10)15/h2-5,9,11H,6-8H2,1H3,(H,16,20)(H,18,19). The molecule has 2 atom stereocenters. The highest BCUT2D eigenvalue weighted by molar-refractivity contribution is 6.31. The Balaban J connectivity index is 1.93. The number of carbonyl (C=O) groups excluding carboxylic acids is 1. The molecule has 0 aromatic heterocycles. The van der Waals surface area contributed by atoms with E-state index >= 15 is 0 Å². The topological polar surface area (TPSA) is 69.6 Å². The molecule has 1 aliphatic rings. The van der Waals surface area contributed by atoms with E-state index in [1.165, 1.54) is 0 Å². The van der Waals surface area contributed by atoms with Gasteiger partial charge in [-0.2, -0.15) is 0 Å². The molecule has 0 aliphatic carbocycles. The number of carboxylic acids is 1. The van der Waals surface area contributed by atoms with Gasteiger partial charge in [0.2, 0.25) is 0 Å². The van der Waals surface area contributed by atoms with Crippen molar-refractivity contribution in [3.05, 3.63) is 34.9 Å². The van der Waals surface area contributed by atoms with E-state index in [4.69, 9.17) is 16.7 Å². The van der Waals surface area contributed by atoms with Crippen molar-refractivity contribution in [3.63, 3.8) is 0 Å². The maximum absolute atomic E-state index is 12.1. The summed E-state index contributed by atoms with van der Waals surface area (Å²) in [7, 11) is 0. The van der Waals surface area contributed by atoms with Crippen molar-refractivity contribution in [3.8, 4) is 0 Å². The molecule has 5 nitrogen and oxygen atoms in total. The predicted molar refractivity (Wildman–Crippen MR) is 75.6 cm³/mol. The Labute approximate surface area is 122 Å². The molecule has 1 aromatic carbocycles. The highest BCUT2D eigenvalue weighted by Gasteiger charge is 2.37. The van der Waals surface area contributed by atoms with E-state index in [1.807, 2.05) is 18.2 Å². The van der Waals surface area contributed by atoms with Crippen LogP contribution >= 0.6 is 11.6 Å². The second-order valence-electron chi connectivity index (χ2n) is 4.92. The summed E-state index contributed by atoms with van der Waals surface area (Å²) in [5.41, 5.74) is 0.837. The summed E-state index contributed by atoms with van der Waals surface area (Å²) >= 11 is 6.02. The molecule has 2 unspecified atom stereocenters. The van der Waals surface area contributed by atoms with Crippen LogP contribution in [0.2, 0.25) is 5.02 Å². The number of urea groups is 1. The van der Waals surface area contributed by atoms with Gasteiger partial charge in [-0.05, 0) is 25.0 Å². The third kappa shape index (κ3) is 3.04. The Hall–Kier alpha value is -1.75. The highest BCUT2D eigenvalue weighted by Crippen LogP contribution is 2.24. The molecule has 2 rings (SSSR count). The summed E-state index contributed by atoms with van der Waals surface area (Å²) in [4.78, 5) is 24.7. The molecule has 0 bridgehead atoms. The van der Waals surface area contributed by atoms with Gasteiger partial charge in [-0.25, -0.2) is 4.79 Å². The van der Waals surface area contributed by atoms with Crippen LogP contribution in [0.5, 0.6) is 0 Å². The highest BCUT2D eigenvalue weighted by atomic mass is 35.5. The van der Waals surface area contributed by atoms with Gasteiger partial charge in [0.15, 0.2) is 0 Å². The van der Waals surface area contributed by atoms with Crippen LogP contribution in [0.25, 0.3) is 0 Å². The lowest BCUT2D eigenvalue weighted by molar-refractivity contribution is -0.142. The summed E-state index contributed by atoms with van der Waals surface area (Å²) in [5, 5.41) is 12.4. The van der Waals surface area contributed by atoms with Crippen molar-refractivity contribution in [2.45, 2.75) is 25.9 Å². The number of hydrogen-bond donors (Lipinski definition) is 2. The number of benzene rings is 1. The van der Waals surface area contributed by atoms with Crippen molar-refractivity contribution in [2.75, 3.05) is 6.54 Å². The molecule has 1 saturated heterocycles. The van der Waals surface area contributed by atoms with E-state index in [0.717, 1.165) is 5.56 Å². The summed E-state index contributed by atoms with van der Waals surface area (Å²) < 4.78 is 0. The van der Waals surface area contributed by atoms with E-state index in [9.17, 15) is 9.59 Å². The van der Waals surface area contributed by atoms with Gasteiger partial charge in [0, 0.05) is 24.2 Å². The number of carbonyl (C=O) groups is 2. The number of aliphatic carboxylic acids is 1. The number of rotatable bonds is 3. The number of halogens is 1.